The van der Waals surface area contributed by atoms with Crippen LogP contribution in [0.5, 0.6) is 0 Å². The van der Waals surface area contributed by atoms with Gasteiger partial charge in [-0.25, -0.2) is 4.98 Å². The van der Waals surface area contributed by atoms with Crippen molar-refractivity contribution < 1.29 is 0 Å². The molecule has 0 aromatic carbocycles. The number of thiazole rings is 1. The smallest absolute Gasteiger partial charge is 0.0968 e. The zero-order valence-corrected chi connectivity index (χ0v) is 14.1. The summed E-state index contributed by atoms with van der Waals surface area (Å²) in [5.74, 6) is 0.693. The second-order valence-electron chi connectivity index (χ2n) is 7.50. The average Bonchev–Trinajstić information content (AvgIpc) is 2.73. The molecule has 0 amide bonds. The Morgan fingerprint density at radius 2 is 2.00 bits per heavy atom. The maximum absolute atomic E-state index is 5.00. The molecule has 1 unspecified atom stereocenters. The lowest BCUT2D eigenvalue weighted by Crippen LogP contribution is -2.19. The van der Waals surface area contributed by atoms with Crippen LogP contribution in [0, 0.1) is 5.41 Å². The van der Waals surface area contributed by atoms with Gasteiger partial charge < -0.3 is 5.32 Å². The van der Waals surface area contributed by atoms with E-state index in [0.717, 1.165) is 13.1 Å². The summed E-state index contributed by atoms with van der Waals surface area (Å²) >= 11 is 1.94. The van der Waals surface area contributed by atoms with Crippen molar-refractivity contribution in [1.82, 2.24) is 10.3 Å². The molecular weight excluding hydrogens is 252 g/mol. The minimum atomic E-state index is 0.150. The van der Waals surface area contributed by atoms with Crippen molar-refractivity contribution >= 4 is 11.3 Å². The Hall–Kier alpha value is -0.410. The number of hydrogen-bond donors (Lipinski definition) is 1. The Bertz CT molecular complexity index is 440. The summed E-state index contributed by atoms with van der Waals surface area (Å²) in [6, 6.07) is 0. The largest absolute Gasteiger partial charge is 0.312 e. The fraction of sp³-hybridized carbons (Fsp3) is 0.812. The zero-order valence-electron chi connectivity index (χ0n) is 13.3. The van der Waals surface area contributed by atoms with E-state index in [1.54, 1.807) is 0 Å². The van der Waals surface area contributed by atoms with Gasteiger partial charge in [0.05, 0.1) is 10.7 Å². The molecule has 2 nitrogen and oxygen atoms in total. The normalized spacial score (nSPS) is 21.7. The van der Waals surface area contributed by atoms with Crippen LogP contribution in [0.1, 0.15) is 75.9 Å². The standard InChI is InChI=1S/C16H28N2S/c1-7-8-17-10-12-13(15(2,3)4)18-14(19-12)11-9-16(11,5)6/h11,17H,7-10H2,1-6H3. The van der Waals surface area contributed by atoms with Crippen LogP contribution in [-0.2, 0) is 12.0 Å². The Balaban J connectivity index is 2.20. The van der Waals surface area contributed by atoms with Gasteiger partial charge in [0.2, 0.25) is 0 Å². The van der Waals surface area contributed by atoms with Gasteiger partial charge in [-0.15, -0.1) is 11.3 Å². The van der Waals surface area contributed by atoms with E-state index >= 15 is 0 Å². The van der Waals surface area contributed by atoms with Crippen LogP contribution in [0.4, 0.5) is 0 Å². The van der Waals surface area contributed by atoms with E-state index in [9.17, 15) is 0 Å². The van der Waals surface area contributed by atoms with E-state index < -0.39 is 0 Å². The summed E-state index contributed by atoms with van der Waals surface area (Å²) in [4.78, 5) is 6.44. The molecule has 0 radical (unpaired) electrons. The van der Waals surface area contributed by atoms with Crippen molar-refractivity contribution in [3.05, 3.63) is 15.6 Å². The molecule has 1 N–H and O–H groups in total. The molecule has 1 aliphatic carbocycles. The van der Waals surface area contributed by atoms with Crippen LogP contribution in [0.3, 0.4) is 0 Å². The van der Waals surface area contributed by atoms with E-state index in [4.69, 9.17) is 4.98 Å². The van der Waals surface area contributed by atoms with E-state index in [0.29, 0.717) is 11.3 Å². The van der Waals surface area contributed by atoms with E-state index in [2.05, 4.69) is 46.9 Å². The molecule has 1 atom stereocenters. The molecule has 1 saturated carbocycles. The summed E-state index contributed by atoms with van der Waals surface area (Å²) in [5, 5.41) is 4.89. The van der Waals surface area contributed by atoms with E-state index in [1.165, 1.54) is 28.4 Å². The van der Waals surface area contributed by atoms with Crippen molar-refractivity contribution in [2.24, 2.45) is 5.41 Å². The highest BCUT2D eigenvalue weighted by Crippen LogP contribution is 2.59. The highest BCUT2D eigenvalue weighted by molar-refractivity contribution is 7.11. The fourth-order valence-corrected chi connectivity index (χ4v) is 4.05. The first kappa shape index (κ1) is 15.0. The predicted octanol–water partition coefficient (Wildman–Crippen LogP) is 4.45. The maximum Gasteiger partial charge on any atom is 0.0968 e. The molecular formula is C16H28N2S. The SMILES string of the molecule is CCCNCc1sc(C2CC2(C)C)nc1C(C)(C)C. The molecule has 1 aliphatic rings. The van der Waals surface area contributed by atoms with Crippen LogP contribution in [0.15, 0.2) is 0 Å². The number of rotatable bonds is 5. The summed E-state index contributed by atoms with van der Waals surface area (Å²) in [6.45, 7) is 15.8. The summed E-state index contributed by atoms with van der Waals surface area (Å²) < 4.78 is 0. The van der Waals surface area contributed by atoms with Crippen molar-refractivity contribution in [1.29, 1.82) is 0 Å². The third-order valence-electron chi connectivity index (χ3n) is 3.95. The maximum atomic E-state index is 5.00. The van der Waals surface area contributed by atoms with Gasteiger partial charge in [-0.2, -0.15) is 0 Å². The van der Waals surface area contributed by atoms with Crippen LogP contribution in [-0.4, -0.2) is 11.5 Å². The highest BCUT2D eigenvalue weighted by atomic mass is 32.1. The number of hydrogen-bond acceptors (Lipinski definition) is 3. The molecule has 1 fully saturated rings. The summed E-state index contributed by atoms with van der Waals surface area (Å²) in [7, 11) is 0. The molecule has 1 heterocycles. The van der Waals surface area contributed by atoms with Gasteiger partial charge in [0.1, 0.15) is 0 Å². The minimum absolute atomic E-state index is 0.150. The lowest BCUT2D eigenvalue weighted by atomic mass is 9.91. The van der Waals surface area contributed by atoms with E-state index in [-0.39, 0.29) is 5.41 Å². The lowest BCUT2D eigenvalue weighted by molar-refractivity contribution is 0.554. The predicted molar refractivity (Wildman–Crippen MR) is 84.0 cm³/mol. The molecule has 0 aliphatic heterocycles. The Kier molecular flexibility index (Phi) is 4.08. The first-order valence-corrected chi connectivity index (χ1v) is 8.28. The fourth-order valence-electron chi connectivity index (χ4n) is 2.49. The Morgan fingerprint density at radius 3 is 2.47 bits per heavy atom. The van der Waals surface area contributed by atoms with Gasteiger partial charge in [-0.1, -0.05) is 41.5 Å². The highest BCUT2D eigenvalue weighted by Gasteiger charge is 2.48. The van der Waals surface area contributed by atoms with Crippen molar-refractivity contribution in [3.8, 4) is 0 Å². The molecule has 1 aromatic rings. The second kappa shape index (κ2) is 5.17. The van der Waals surface area contributed by atoms with Gasteiger partial charge >= 0.3 is 0 Å². The first-order valence-electron chi connectivity index (χ1n) is 7.46. The van der Waals surface area contributed by atoms with E-state index in [1.807, 2.05) is 11.3 Å². The molecule has 108 valence electrons. The molecule has 3 heteroatoms. The van der Waals surface area contributed by atoms with Crippen molar-refractivity contribution in [3.63, 3.8) is 0 Å². The van der Waals surface area contributed by atoms with Gasteiger partial charge in [-0.05, 0) is 24.8 Å². The minimum Gasteiger partial charge on any atom is -0.312 e. The molecule has 0 spiro atoms. The van der Waals surface area contributed by atoms with Gasteiger partial charge in [0.25, 0.3) is 0 Å². The zero-order chi connectivity index (χ0) is 14.3. The molecule has 0 saturated heterocycles. The van der Waals surface area contributed by atoms with Crippen LogP contribution in [0.25, 0.3) is 0 Å². The number of nitrogens with zero attached hydrogens (tertiary/aromatic N) is 1. The van der Waals surface area contributed by atoms with Crippen molar-refractivity contribution in [2.45, 2.75) is 72.3 Å². The molecule has 19 heavy (non-hydrogen) atoms. The van der Waals surface area contributed by atoms with Crippen LogP contribution >= 0.6 is 11.3 Å². The number of nitrogens with one attached hydrogen (secondary N) is 1. The molecule has 1 aromatic heterocycles. The van der Waals surface area contributed by atoms with Crippen LogP contribution < -0.4 is 5.32 Å². The number of aromatic nitrogens is 1. The Morgan fingerprint density at radius 1 is 1.37 bits per heavy atom. The van der Waals surface area contributed by atoms with Gasteiger partial charge in [0.15, 0.2) is 0 Å². The summed E-state index contributed by atoms with van der Waals surface area (Å²) in [5.41, 5.74) is 1.93. The molecule has 0 bridgehead atoms. The summed E-state index contributed by atoms with van der Waals surface area (Å²) in [6.07, 6.45) is 2.48. The first-order chi connectivity index (χ1) is 8.75. The van der Waals surface area contributed by atoms with Gasteiger partial charge in [0, 0.05) is 22.8 Å². The second-order valence-corrected chi connectivity index (χ2v) is 8.61. The topological polar surface area (TPSA) is 24.9 Å². The average molecular weight is 280 g/mol. The lowest BCUT2D eigenvalue weighted by Gasteiger charge is -2.17. The van der Waals surface area contributed by atoms with Gasteiger partial charge in [-0.3, -0.25) is 0 Å². The third-order valence-corrected chi connectivity index (χ3v) is 5.12. The van der Waals surface area contributed by atoms with Crippen molar-refractivity contribution in [2.75, 3.05) is 6.54 Å². The Labute approximate surface area is 122 Å². The monoisotopic (exact) mass is 280 g/mol. The molecule has 2 rings (SSSR count). The quantitative estimate of drug-likeness (QED) is 0.806. The third kappa shape index (κ3) is 3.38. The van der Waals surface area contributed by atoms with Crippen LogP contribution in [0.2, 0.25) is 0 Å².